The normalized spacial score (nSPS) is 17.3. The van der Waals surface area contributed by atoms with Gasteiger partial charge in [-0.25, -0.2) is 4.39 Å². The van der Waals surface area contributed by atoms with E-state index in [1.54, 1.807) is 12.1 Å². The van der Waals surface area contributed by atoms with Gasteiger partial charge >= 0.3 is 0 Å². The molecule has 1 saturated carbocycles. The highest BCUT2D eigenvalue weighted by Gasteiger charge is 2.32. The second-order valence-corrected chi connectivity index (χ2v) is 4.80. The molecule has 4 heteroatoms. The molecule has 0 spiro atoms. The number of hydrogen-bond donors (Lipinski definition) is 2. The molecule has 0 saturated heterocycles. The average molecular weight is 236 g/mol. The van der Waals surface area contributed by atoms with Crippen LogP contribution in [-0.2, 0) is 11.2 Å². The molecular formula is C13H17FN2O. The van der Waals surface area contributed by atoms with Crippen LogP contribution in [0.1, 0.15) is 24.8 Å². The molecule has 1 fully saturated rings. The van der Waals surface area contributed by atoms with E-state index in [-0.39, 0.29) is 23.7 Å². The lowest BCUT2D eigenvalue weighted by atomic mass is 9.78. The lowest BCUT2D eigenvalue weighted by molar-refractivity contribution is -0.120. The fraction of sp³-hybridized carbons (Fsp3) is 0.462. The van der Waals surface area contributed by atoms with Gasteiger partial charge in [-0.2, -0.15) is 0 Å². The number of rotatable bonds is 4. The van der Waals surface area contributed by atoms with Crippen molar-refractivity contribution in [1.82, 2.24) is 5.32 Å². The number of hydrogen-bond acceptors (Lipinski definition) is 2. The third-order valence-electron chi connectivity index (χ3n) is 3.24. The standard InChI is InChI=1S/C13H17FN2O/c14-11-4-1-3-10(7-11)8-12(17)16-9-13(15)5-2-6-13/h1,3-4,7H,2,5-6,8-9,15H2,(H,16,17). The van der Waals surface area contributed by atoms with Gasteiger partial charge in [0.1, 0.15) is 5.82 Å². The second-order valence-electron chi connectivity index (χ2n) is 4.80. The van der Waals surface area contributed by atoms with E-state index in [9.17, 15) is 9.18 Å². The lowest BCUT2D eigenvalue weighted by Crippen LogP contribution is -2.55. The zero-order chi connectivity index (χ0) is 12.3. The van der Waals surface area contributed by atoms with Gasteiger partial charge in [-0.15, -0.1) is 0 Å². The SMILES string of the molecule is NC1(CNC(=O)Cc2cccc(F)c2)CCC1. The number of carbonyl (C=O) groups is 1. The van der Waals surface area contributed by atoms with Crippen LogP contribution in [0.15, 0.2) is 24.3 Å². The molecule has 1 aliphatic rings. The number of halogens is 1. The molecule has 2 rings (SSSR count). The molecule has 1 aromatic carbocycles. The van der Waals surface area contributed by atoms with E-state index in [0.717, 1.165) is 19.3 Å². The molecule has 0 unspecified atom stereocenters. The van der Waals surface area contributed by atoms with Crippen molar-refractivity contribution >= 4 is 5.91 Å². The average Bonchev–Trinajstić information content (AvgIpc) is 2.24. The molecule has 0 bridgehead atoms. The van der Waals surface area contributed by atoms with Gasteiger partial charge in [-0.1, -0.05) is 12.1 Å². The topological polar surface area (TPSA) is 55.1 Å². The first kappa shape index (κ1) is 12.0. The number of amides is 1. The molecule has 17 heavy (non-hydrogen) atoms. The van der Waals surface area contributed by atoms with Crippen LogP contribution in [0.25, 0.3) is 0 Å². The summed E-state index contributed by atoms with van der Waals surface area (Å²) in [5.74, 6) is -0.420. The monoisotopic (exact) mass is 236 g/mol. The summed E-state index contributed by atoms with van der Waals surface area (Å²) < 4.78 is 12.9. The summed E-state index contributed by atoms with van der Waals surface area (Å²) in [5, 5.41) is 2.81. The van der Waals surface area contributed by atoms with Gasteiger partial charge in [0, 0.05) is 12.1 Å². The number of benzene rings is 1. The summed E-state index contributed by atoms with van der Waals surface area (Å²) >= 11 is 0. The predicted octanol–water partition coefficient (Wildman–Crippen LogP) is 1.37. The van der Waals surface area contributed by atoms with Crippen molar-refractivity contribution in [3.05, 3.63) is 35.6 Å². The lowest BCUT2D eigenvalue weighted by Gasteiger charge is -2.38. The molecule has 92 valence electrons. The first-order chi connectivity index (χ1) is 8.07. The smallest absolute Gasteiger partial charge is 0.224 e. The van der Waals surface area contributed by atoms with Crippen LogP contribution in [-0.4, -0.2) is 18.0 Å². The Bertz CT molecular complexity index is 416. The van der Waals surface area contributed by atoms with Gasteiger partial charge < -0.3 is 11.1 Å². The van der Waals surface area contributed by atoms with Crippen molar-refractivity contribution in [1.29, 1.82) is 0 Å². The first-order valence-corrected chi connectivity index (χ1v) is 5.87. The van der Waals surface area contributed by atoms with Gasteiger partial charge in [-0.05, 0) is 37.0 Å². The van der Waals surface area contributed by atoms with E-state index in [0.29, 0.717) is 12.1 Å². The maximum Gasteiger partial charge on any atom is 0.224 e. The first-order valence-electron chi connectivity index (χ1n) is 5.87. The maximum absolute atomic E-state index is 12.9. The number of nitrogens with two attached hydrogens (primary N) is 1. The minimum absolute atomic E-state index is 0.104. The summed E-state index contributed by atoms with van der Waals surface area (Å²) in [6.07, 6.45) is 3.27. The molecule has 0 aromatic heterocycles. The van der Waals surface area contributed by atoms with E-state index in [1.807, 2.05) is 0 Å². The Kier molecular flexibility index (Phi) is 3.43. The van der Waals surface area contributed by atoms with Gasteiger partial charge in [0.15, 0.2) is 0 Å². The second kappa shape index (κ2) is 4.84. The molecule has 0 heterocycles. The molecular weight excluding hydrogens is 219 g/mol. The molecule has 0 atom stereocenters. The Morgan fingerprint density at radius 2 is 2.24 bits per heavy atom. The third kappa shape index (κ3) is 3.27. The Labute approximate surface area is 100 Å². The molecule has 1 aliphatic carbocycles. The Balaban J connectivity index is 1.81. The van der Waals surface area contributed by atoms with Crippen molar-refractivity contribution in [3.63, 3.8) is 0 Å². The van der Waals surface area contributed by atoms with Crippen molar-refractivity contribution in [3.8, 4) is 0 Å². The Morgan fingerprint density at radius 3 is 2.82 bits per heavy atom. The Morgan fingerprint density at radius 1 is 1.47 bits per heavy atom. The third-order valence-corrected chi connectivity index (χ3v) is 3.24. The quantitative estimate of drug-likeness (QED) is 0.829. The predicted molar refractivity (Wildman–Crippen MR) is 63.9 cm³/mol. The van der Waals surface area contributed by atoms with Crippen LogP contribution < -0.4 is 11.1 Å². The minimum Gasteiger partial charge on any atom is -0.354 e. The fourth-order valence-electron chi connectivity index (χ4n) is 1.98. The molecule has 3 nitrogen and oxygen atoms in total. The van der Waals surface area contributed by atoms with Crippen LogP contribution >= 0.6 is 0 Å². The summed E-state index contributed by atoms with van der Waals surface area (Å²) in [6, 6.07) is 6.09. The highest BCUT2D eigenvalue weighted by molar-refractivity contribution is 5.78. The Hall–Kier alpha value is -1.42. The van der Waals surface area contributed by atoms with Crippen molar-refractivity contribution in [2.24, 2.45) is 5.73 Å². The van der Waals surface area contributed by atoms with Gasteiger partial charge in [0.05, 0.1) is 6.42 Å². The fourth-order valence-corrected chi connectivity index (χ4v) is 1.98. The van der Waals surface area contributed by atoms with Gasteiger partial charge in [0.25, 0.3) is 0 Å². The van der Waals surface area contributed by atoms with Gasteiger partial charge in [-0.3, -0.25) is 4.79 Å². The minimum atomic E-state index is -0.315. The van der Waals surface area contributed by atoms with E-state index < -0.39 is 0 Å². The highest BCUT2D eigenvalue weighted by Crippen LogP contribution is 2.27. The largest absolute Gasteiger partial charge is 0.354 e. The summed E-state index contributed by atoms with van der Waals surface area (Å²) in [4.78, 5) is 11.6. The van der Waals surface area contributed by atoms with E-state index in [4.69, 9.17) is 5.73 Å². The van der Waals surface area contributed by atoms with Crippen LogP contribution in [0.4, 0.5) is 4.39 Å². The van der Waals surface area contributed by atoms with E-state index in [2.05, 4.69) is 5.32 Å². The van der Waals surface area contributed by atoms with E-state index >= 15 is 0 Å². The molecule has 1 amide bonds. The van der Waals surface area contributed by atoms with Crippen molar-refractivity contribution in [2.45, 2.75) is 31.2 Å². The van der Waals surface area contributed by atoms with Crippen molar-refractivity contribution < 1.29 is 9.18 Å². The summed E-state index contributed by atoms with van der Waals surface area (Å²) in [7, 11) is 0. The van der Waals surface area contributed by atoms with Crippen molar-refractivity contribution in [2.75, 3.05) is 6.54 Å². The molecule has 0 aliphatic heterocycles. The zero-order valence-corrected chi connectivity index (χ0v) is 9.71. The summed E-state index contributed by atoms with van der Waals surface area (Å²) in [5.41, 5.74) is 6.47. The zero-order valence-electron chi connectivity index (χ0n) is 9.71. The number of carbonyl (C=O) groups excluding carboxylic acids is 1. The van der Waals surface area contributed by atoms with E-state index in [1.165, 1.54) is 12.1 Å². The van der Waals surface area contributed by atoms with Crippen LogP contribution in [0.3, 0.4) is 0 Å². The summed E-state index contributed by atoms with van der Waals surface area (Å²) in [6.45, 7) is 0.515. The maximum atomic E-state index is 12.9. The van der Waals surface area contributed by atoms with Crippen LogP contribution in [0.2, 0.25) is 0 Å². The molecule has 3 N–H and O–H groups in total. The number of nitrogens with one attached hydrogen (secondary N) is 1. The van der Waals surface area contributed by atoms with Crippen LogP contribution in [0.5, 0.6) is 0 Å². The van der Waals surface area contributed by atoms with Gasteiger partial charge in [0.2, 0.25) is 5.91 Å². The molecule has 0 radical (unpaired) electrons. The highest BCUT2D eigenvalue weighted by atomic mass is 19.1. The molecule has 1 aromatic rings. The van der Waals surface area contributed by atoms with Crippen LogP contribution in [0, 0.1) is 5.82 Å².